The molecule has 1 aromatic carbocycles. The Morgan fingerprint density at radius 2 is 1.77 bits per heavy atom. The quantitative estimate of drug-likeness (QED) is 0.392. The fourth-order valence-electron chi connectivity index (χ4n) is 2.25. The number of benzene rings is 1. The van der Waals surface area contributed by atoms with Gasteiger partial charge in [0.1, 0.15) is 36.8 Å². The van der Waals surface area contributed by atoms with Gasteiger partial charge in [-0.05, 0) is 23.8 Å². The summed E-state index contributed by atoms with van der Waals surface area (Å²) in [4.78, 5) is 22.7. The minimum absolute atomic E-state index is 0.0785. The predicted octanol–water partition coefficient (Wildman–Crippen LogP) is -0.681. The van der Waals surface area contributed by atoms with Crippen LogP contribution in [0.2, 0.25) is 0 Å². The van der Waals surface area contributed by atoms with Crippen molar-refractivity contribution < 1.29 is 44.2 Å². The number of phenols is 1. The molecule has 142 valence electrons. The van der Waals surface area contributed by atoms with E-state index in [1.54, 1.807) is 12.1 Å². The first-order chi connectivity index (χ1) is 12.3. The Morgan fingerprint density at radius 1 is 1.12 bits per heavy atom. The number of aromatic hydroxyl groups is 1. The molecule has 2 rings (SSSR count). The number of aliphatic hydroxyl groups excluding tert-OH is 3. The fraction of sp³-hybridized carbons (Fsp3) is 0.412. The molecule has 1 aliphatic rings. The summed E-state index contributed by atoms with van der Waals surface area (Å²) in [7, 11) is 0. The minimum atomic E-state index is -1.68. The van der Waals surface area contributed by atoms with Crippen LogP contribution in [0, 0.1) is 0 Å². The lowest BCUT2D eigenvalue weighted by Crippen LogP contribution is -2.59. The fourth-order valence-corrected chi connectivity index (χ4v) is 2.25. The molecule has 26 heavy (non-hydrogen) atoms. The molecule has 1 aromatic rings. The number of esters is 2. The van der Waals surface area contributed by atoms with Crippen molar-refractivity contribution in [2.24, 2.45) is 0 Å². The molecule has 0 radical (unpaired) electrons. The standard InChI is InChI=1S/C17H20O9/c1-9(18)24-8-12-14(21)15(22)16(23)17(25-12)26-13(20)7-4-10-2-5-11(19)6-3-10/h2-7,12,14-17,19,21-23H,8H2,1H3. The highest BCUT2D eigenvalue weighted by Crippen LogP contribution is 2.23. The topological polar surface area (TPSA) is 143 Å². The molecule has 9 heteroatoms. The maximum atomic E-state index is 11.9. The molecule has 0 aromatic heterocycles. The number of hydrogen-bond acceptors (Lipinski definition) is 9. The second-order valence-electron chi connectivity index (χ2n) is 5.68. The Bertz CT molecular complexity index is 655. The second kappa shape index (κ2) is 8.77. The summed E-state index contributed by atoms with van der Waals surface area (Å²) in [6.07, 6.45) is -5.08. The summed E-state index contributed by atoms with van der Waals surface area (Å²) in [6, 6.07) is 6.02. The van der Waals surface area contributed by atoms with Gasteiger partial charge in [-0.15, -0.1) is 0 Å². The summed E-state index contributed by atoms with van der Waals surface area (Å²) in [5, 5.41) is 38.8. The molecule has 0 aliphatic carbocycles. The molecule has 0 bridgehead atoms. The van der Waals surface area contributed by atoms with Gasteiger partial charge in [-0.1, -0.05) is 12.1 Å². The second-order valence-corrected chi connectivity index (χ2v) is 5.68. The number of carbonyl (C=O) groups excluding carboxylic acids is 2. The van der Waals surface area contributed by atoms with Crippen LogP contribution in [-0.4, -0.2) is 69.7 Å². The van der Waals surface area contributed by atoms with Crippen LogP contribution in [-0.2, 0) is 23.8 Å². The number of ether oxygens (including phenoxy) is 3. The van der Waals surface area contributed by atoms with Crippen LogP contribution in [0.4, 0.5) is 0 Å². The molecule has 0 spiro atoms. The molecule has 0 amide bonds. The van der Waals surface area contributed by atoms with Gasteiger partial charge in [-0.3, -0.25) is 4.79 Å². The van der Waals surface area contributed by atoms with Crippen LogP contribution >= 0.6 is 0 Å². The average molecular weight is 368 g/mol. The van der Waals surface area contributed by atoms with Crippen LogP contribution in [0.1, 0.15) is 12.5 Å². The molecular weight excluding hydrogens is 348 g/mol. The Hall–Kier alpha value is -2.46. The van der Waals surface area contributed by atoms with E-state index in [0.717, 1.165) is 13.0 Å². The van der Waals surface area contributed by atoms with E-state index in [-0.39, 0.29) is 12.4 Å². The molecule has 1 fully saturated rings. The normalized spacial score (nSPS) is 28.7. The Kier molecular flexibility index (Phi) is 6.70. The maximum Gasteiger partial charge on any atom is 0.333 e. The average Bonchev–Trinajstić information content (AvgIpc) is 2.60. The van der Waals surface area contributed by atoms with Crippen LogP contribution in [0.25, 0.3) is 6.08 Å². The highest BCUT2D eigenvalue weighted by molar-refractivity contribution is 5.87. The van der Waals surface area contributed by atoms with Gasteiger partial charge in [0.15, 0.2) is 0 Å². The van der Waals surface area contributed by atoms with E-state index in [2.05, 4.69) is 0 Å². The first-order valence-corrected chi connectivity index (χ1v) is 7.78. The van der Waals surface area contributed by atoms with Crippen molar-refractivity contribution in [3.8, 4) is 5.75 Å². The van der Waals surface area contributed by atoms with Gasteiger partial charge in [0.25, 0.3) is 0 Å². The monoisotopic (exact) mass is 368 g/mol. The van der Waals surface area contributed by atoms with Crippen molar-refractivity contribution in [1.82, 2.24) is 0 Å². The largest absolute Gasteiger partial charge is 0.508 e. The molecule has 1 saturated heterocycles. The third-order valence-corrected chi connectivity index (χ3v) is 3.66. The van der Waals surface area contributed by atoms with Crippen molar-refractivity contribution in [3.63, 3.8) is 0 Å². The SMILES string of the molecule is CC(=O)OCC1OC(OC(=O)C=Cc2ccc(O)cc2)C(O)C(O)C1O. The predicted molar refractivity (Wildman–Crippen MR) is 86.5 cm³/mol. The Labute approximate surface area is 149 Å². The van der Waals surface area contributed by atoms with E-state index in [1.165, 1.54) is 18.2 Å². The molecule has 5 unspecified atom stereocenters. The lowest BCUT2D eigenvalue weighted by Gasteiger charge is -2.39. The third kappa shape index (κ3) is 5.27. The van der Waals surface area contributed by atoms with E-state index in [0.29, 0.717) is 5.56 Å². The van der Waals surface area contributed by atoms with Gasteiger partial charge >= 0.3 is 11.9 Å². The summed E-state index contributed by atoms with van der Waals surface area (Å²) in [6.45, 7) is 0.782. The van der Waals surface area contributed by atoms with E-state index in [9.17, 15) is 30.0 Å². The molecular formula is C17H20O9. The van der Waals surface area contributed by atoms with Crippen molar-refractivity contribution in [1.29, 1.82) is 0 Å². The zero-order valence-corrected chi connectivity index (χ0v) is 13.9. The summed E-state index contributed by atoms with van der Waals surface area (Å²) < 4.78 is 14.9. The molecule has 4 N–H and O–H groups in total. The van der Waals surface area contributed by atoms with Crippen LogP contribution in [0.15, 0.2) is 30.3 Å². The minimum Gasteiger partial charge on any atom is -0.508 e. The van der Waals surface area contributed by atoms with E-state index in [1.807, 2.05) is 0 Å². The summed E-state index contributed by atoms with van der Waals surface area (Å²) >= 11 is 0. The van der Waals surface area contributed by atoms with Gasteiger partial charge in [0.2, 0.25) is 6.29 Å². The number of phenolic OH excluding ortho intramolecular Hbond substituents is 1. The Balaban J connectivity index is 1.98. The van der Waals surface area contributed by atoms with Crippen LogP contribution < -0.4 is 0 Å². The highest BCUT2D eigenvalue weighted by Gasteiger charge is 2.45. The van der Waals surface area contributed by atoms with E-state index in [4.69, 9.17) is 14.2 Å². The molecule has 5 atom stereocenters. The maximum absolute atomic E-state index is 11.9. The number of carbonyl (C=O) groups is 2. The van der Waals surface area contributed by atoms with Crippen molar-refractivity contribution >= 4 is 18.0 Å². The van der Waals surface area contributed by atoms with Gasteiger partial charge in [-0.25, -0.2) is 4.79 Å². The summed E-state index contributed by atoms with van der Waals surface area (Å²) in [5.74, 6) is -1.40. The van der Waals surface area contributed by atoms with Crippen LogP contribution in [0.5, 0.6) is 5.75 Å². The van der Waals surface area contributed by atoms with Crippen molar-refractivity contribution in [2.45, 2.75) is 37.6 Å². The van der Waals surface area contributed by atoms with Gasteiger partial charge in [0.05, 0.1) is 0 Å². The number of hydrogen-bond donors (Lipinski definition) is 4. The van der Waals surface area contributed by atoms with E-state index < -0.39 is 42.6 Å². The van der Waals surface area contributed by atoms with Gasteiger partial charge in [-0.2, -0.15) is 0 Å². The lowest BCUT2D eigenvalue weighted by molar-refractivity contribution is -0.291. The third-order valence-electron chi connectivity index (χ3n) is 3.66. The number of aliphatic hydroxyl groups is 3. The highest BCUT2D eigenvalue weighted by atomic mass is 16.7. The van der Waals surface area contributed by atoms with Gasteiger partial charge in [0, 0.05) is 13.0 Å². The van der Waals surface area contributed by atoms with Crippen molar-refractivity contribution in [3.05, 3.63) is 35.9 Å². The number of rotatable bonds is 5. The van der Waals surface area contributed by atoms with E-state index >= 15 is 0 Å². The first kappa shape index (κ1) is 19.9. The molecule has 0 saturated carbocycles. The van der Waals surface area contributed by atoms with Gasteiger partial charge < -0.3 is 34.6 Å². The molecule has 9 nitrogen and oxygen atoms in total. The van der Waals surface area contributed by atoms with Crippen LogP contribution in [0.3, 0.4) is 0 Å². The molecule has 1 aliphatic heterocycles. The lowest BCUT2D eigenvalue weighted by atomic mass is 9.99. The first-order valence-electron chi connectivity index (χ1n) is 7.78. The molecule has 1 heterocycles. The summed E-state index contributed by atoms with van der Waals surface area (Å²) in [5.41, 5.74) is 0.619. The zero-order valence-electron chi connectivity index (χ0n) is 13.9. The zero-order chi connectivity index (χ0) is 19.3. The Morgan fingerprint density at radius 3 is 2.38 bits per heavy atom. The smallest absolute Gasteiger partial charge is 0.333 e. The van der Waals surface area contributed by atoms with Crippen molar-refractivity contribution in [2.75, 3.05) is 6.61 Å².